The Labute approximate surface area is 207 Å². The van der Waals surface area contributed by atoms with Gasteiger partial charge in [0.15, 0.2) is 0 Å². The van der Waals surface area contributed by atoms with Gasteiger partial charge in [-0.25, -0.2) is 0 Å². The van der Waals surface area contributed by atoms with Crippen LogP contribution in [0.3, 0.4) is 0 Å². The lowest BCUT2D eigenvalue weighted by molar-refractivity contribution is -0.142. The first kappa shape index (κ1) is 22.5. The summed E-state index contributed by atoms with van der Waals surface area (Å²) in [4.78, 5) is 31.9. The van der Waals surface area contributed by atoms with Crippen molar-refractivity contribution in [2.45, 2.75) is 36.7 Å². The van der Waals surface area contributed by atoms with Crippen molar-refractivity contribution in [2.75, 3.05) is 13.1 Å². The van der Waals surface area contributed by atoms with Crippen LogP contribution in [0.15, 0.2) is 66.0 Å². The van der Waals surface area contributed by atoms with E-state index >= 15 is 0 Å². The first-order chi connectivity index (χ1) is 16.0. The molecule has 2 aromatic carbocycles. The Bertz CT molecular complexity index is 1140. The van der Waals surface area contributed by atoms with Gasteiger partial charge in [0.1, 0.15) is 11.9 Å². The molecule has 3 aromatic rings. The minimum Gasteiger partial charge on any atom is -0.330 e. The number of hydrogen-bond acceptors (Lipinski definition) is 3. The molecule has 0 spiro atoms. The van der Waals surface area contributed by atoms with Crippen molar-refractivity contribution in [1.82, 2.24) is 9.80 Å². The number of benzene rings is 2. The second-order valence-corrected chi connectivity index (χ2v) is 10.4. The predicted octanol–water partition coefficient (Wildman–Crippen LogP) is 5.85. The first-order valence-electron chi connectivity index (χ1n) is 11.1. The maximum atomic E-state index is 13.7. The average molecular weight is 499 g/mol. The van der Waals surface area contributed by atoms with Gasteiger partial charge in [-0.2, -0.15) is 0 Å². The van der Waals surface area contributed by atoms with Gasteiger partial charge in [-0.3, -0.25) is 9.59 Å². The van der Waals surface area contributed by atoms with E-state index in [0.29, 0.717) is 11.6 Å². The highest BCUT2D eigenvalue weighted by molar-refractivity contribution is 7.10. The molecule has 4 nitrogen and oxygen atoms in total. The van der Waals surface area contributed by atoms with E-state index in [1.165, 1.54) is 4.88 Å². The Morgan fingerprint density at radius 1 is 1.06 bits per heavy atom. The quantitative estimate of drug-likeness (QED) is 0.400. The Kier molecular flexibility index (Phi) is 6.46. The standard InChI is InChI=1S/C26H24Cl2N2O2S/c27-19-8-6-18(7-9-19)25-21-13-15-33-22(21)12-14-29(25)23(31)16-30(20-10-11-20)26(32)24(28)17-4-2-1-3-5-17/h1-9,13,15,20,24-25H,10-12,14,16H2/t24-,25-/m1/s1. The lowest BCUT2D eigenvalue weighted by Crippen LogP contribution is -2.48. The van der Waals surface area contributed by atoms with E-state index in [1.807, 2.05) is 59.5 Å². The highest BCUT2D eigenvalue weighted by atomic mass is 35.5. The summed E-state index contributed by atoms with van der Waals surface area (Å²) in [5, 5.41) is 1.95. The van der Waals surface area contributed by atoms with E-state index in [0.717, 1.165) is 36.0 Å². The normalized spacial score (nSPS) is 18.5. The maximum absolute atomic E-state index is 13.7. The molecule has 0 saturated heterocycles. The fraction of sp³-hybridized carbons (Fsp3) is 0.308. The van der Waals surface area contributed by atoms with Crippen molar-refractivity contribution in [3.63, 3.8) is 0 Å². The minimum atomic E-state index is -0.795. The molecule has 2 amide bonds. The largest absolute Gasteiger partial charge is 0.330 e. The van der Waals surface area contributed by atoms with Crippen LogP contribution >= 0.6 is 34.5 Å². The zero-order chi connectivity index (χ0) is 22.9. The number of carbonyl (C=O) groups excluding carboxylic acids is 2. The second-order valence-electron chi connectivity index (χ2n) is 8.56. The minimum absolute atomic E-state index is 0.0448. The van der Waals surface area contributed by atoms with Gasteiger partial charge in [0, 0.05) is 22.5 Å². The van der Waals surface area contributed by atoms with Gasteiger partial charge in [-0.1, -0.05) is 54.1 Å². The Hall–Kier alpha value is -2.34. The van der Waals surface area contributed by atoms with E-state index in [9.17, 15) is 9.59 Å². The van der Waals surface area contributed by atoms with Crippen molar-refractivity contribution >= 4 is 46.4 Å². The molecule has 33 heavy (non-hydrogen) atoms. The summed E-state index contributed by atoms with van der Waals surface area (Å²) in [5.41, 5.74) is 2.93. The molecule has 0 radical (unpaired) electrons. The molecule has 0 unspecified atom stereocenters. The third kappa shape index (κ3) is 4.68. The summed E-state index contributed by atoms with van der Waals surface area (Å²) in [6.07, 6.45) is 2.64. The second kappa shape index (κ2) is 9.49. The fourth-order valence-electron chi connectivity index (χ4n) is 4.51. The molecule has 1 saturated carbocycles. The van der Waals surface area contributed by atoms with Gasteiger partial charge in [0.25, 0.3) is 0 Å². The van der Waals surface area contributed by atoms with Crippen LogP contribution in [0.2, 0.25) is 5.02 Å². The summed E-state index contributed by atoms with van der Waals surface area (Å²) in [6, 6.07) is 19.0. The van der Waals surface area contributed by atoms with Crippen LogP contribution < -0.4 is 0 Å². The highest BCUT2D eigenvalue weighted by Gasteiger charge is 2.40. The predicted molar refractivity (Wildman–Crippen MR) is 133 cm³/mol. The number of thiophene rings is 1. The summed E-state index contributed by atoms with van der Waals surface area (Å²) in [5.74, 6) is -0.251. The van der Waals surface area contributed by atoms with Crippen LogP contribution in [0.1, 0.15) is 45.8 Å². The molecule has 1 aliphatic carbocycles. The van der Waals surface area contributed by atoms with E-state index < -0.39 is 5.38 Å². The summed E-state index contributed by atoms with van der Waals surface area (Å²) in [6.45, 7) is 0.665. The number of nitrogens with zero attached hydrogens (tertiary/aromatic N) is 2. The monoisotopic (exact) mass is 498 g/mol. The number of amides is 2. The molecular formula is C26H24Cl2N2O2S. The summed E-state index contributed by atoms with van der Waals surface area (Å²) < 4.78 is 0. The van der Waals surface area contributed by atoms with Crippen LogP contribution in [-0.2, 0) is 16.0 Å². The molecule has 2 heterocycles. The van der Waals surface area contributed by atoms with Gasteiger partial charge in [0.05, 0.1) is 6.04 Å². The number of carbonyl (C=O) groups is 2. The van der Waals surface area contributed by atoms with E-state index in [2.05, 4.69) is 11.4 Å². The molecule has 7 heteroatoms. The molecule has 1 aliphatic heterocycles. The van der Waals surface area contributed by atoms with Crippen LogP contribution in [0.25, 0.3) is 0 Å². The van der Waals surface area contributed by atoms with Crippen LogP contribution in [-0.4, -0.2) is 40.7 Å². The SMILES string of the molecule is O=C([C@H](Cl)c1ccccc1)N(CC(=O)N1CCc2sccc2[C@H]1c1ccc(Cl)cc1)C1CC1. The van der Waals surface area contributed by atoms with Crippen molar-refractivity contribution in [3.8, 4) is 0 Å². The van der Waals surface area contributed by atoms with Crippen LogP contribution in [0.4, 0.5) is 0 Å². The highest BCUT2D eigenvalue weighted by Crippen LogP contribution is 2.39. The van der Waals surface area contributed by atoms with Gasteiger partial charge in [-0.15, -0.1) is 22.9 Å². The van der Waals surface area contributed by atoms with E-state index in [4.69, 9.17) is 23.2 Å². The molecular weight excluding hydrogens is 475 g/mol. The van der Waals surface area contributed by atoms with Crippen LogP contribution in [0.5, 0.6) is 0 Å². The van der Waals surface area contributed by atoms with Crippen molar-refractivity contribution in [3.05, 3.63) is 92.6 Å². The fourth-order valence-corrected chi connectivity index (χ4v) is 5.81. The summed E-state index contributed by atoms with van der Waals surface area (Å²) >= 11 is 14.4. The third-order valence-corrected chi connectivity index (χ3v) is 8.04. The number of halogens is 2. The van der Waals surface area contributed by atoms with E-state index in [1.54, 1.807) is 16.2 Å². The Morgan fingerprint density at radius 2 is 1.79 bits per heavy atom. The van der Waals surface area contributed by atoms with Crippen molar-refractivity contribution in [1.29, 1.82) is 0 Å². The van der Waals surface area contributed by atoms with Gasteiger partial charge in [0.2, 0.25) is 11.8 Å². The van der Waals surface area contributed by atoms with Crippen molar-refractivity contribution in [2.24, 2.45) is 0 Å². The zero-order valence-corrected chi connectivity index (χ0v) is 20.3. The number of alkyl halides is 1. The molecule has 2 atom stereocenters. The van der Waals surface area contributed by atoms with E-state index in [-0.39, 0.29) is 30.4 Å². The average Bonchev–Trinajstić information content (AvgIpc) is 3.57. The van der Waals surface area contributed by atoms with Gasteiger partial charge >= 0.3 is 0 Å². The molecule has 5 rings (SSSR count). The van der Waals surface area contributed by atoms with Gasteiger partial charge < -0.3 is 9.80 Å². The molecule has 170 valence electrons. The number of fused-ring (bicyclic) bond motifs is 1. The third-order valence-electron chi connectivity index (χ3n) is 6.36. The number of hydrogen-bond donors (Lipinski definition) is 0. The van der Waals surface area contributed by atoms with Crippen molar-refractivity contribution < 1.29 is 9.59 Å². The molecule has 1 aromatic heterocycles. The first-order valence-corrected chi connectivity index (χ1v) is 12.8. The van der Waals surface area contributed by atoms with Gasteiger partial charge in [-0.05, 0) is 59.5 Å². The van der Waals surface area contributed by atoms with Crippen LogP contribution in [0, 0.1) is 0 Å². The molecule has 2 aliphatic rings. The lowest BCUT2D eigenvalue weighted by Gasteiger charge is -2.38. The molecule has 0 N–H and O–H groups in total. The molecule has 0 bridgehead atoms. The lowest BCUT2D eigenvalue weighted by atomic mass is 9.93. The smallest absolute Gasteiger partial charge is 0.245 e. The summed E-state index contributed by atoms with van der Waals surface area (Å²) in [7, 11) is 0. The number of rotatable bonds is 6. The topological polar surface area (TPSA) is 40.6 Å². The maximum Gasteiger partial charge on any atom is 0.245 e. The Morgan fingerprint density at radius 3 is 2.48 bits per heavy atom. The molecule has 1 fully saturated rings. The zero-order valence-electron chi connectivity index (χ0n) is 18.0. The Balaban J connectivity index is 1.40.